The summed E-state index contributed by atoms with van der Waals surface area (Å²) in [6.45, 7) is 0. The second-order valence-electron chi connectivity index (χ2n) is 5.93. The molecule has 1 aromatic carbocycles. The van der Waals surface area contributed by atoms with E-state index in [4.69, 9.17) is 0 Å². The van der Waals surface area contributed by atoms with Crippen LogP contribution in [0.1, 0.15) is 17.9 Å². The maximum atomic E-state index is 12.4. The van der Waals surface area contributed by atoms with Crippen molar-refractivity contribution in [2.75, 3.05) is 5.32 Å². The molecule has 5 nitrogen and oxygen atoms in total. The van der Waals surface area contributed by atoms with Crippen molar-refractivity contribution in [3.63, 3.8) is 0 Å². The van der Waals surface area contributed by atoms with Crippen molar-refractivity contribution in [3.05, 3.63) is 52.1 Å². The number of nitrogens with zero attached hydrogens (tertiary/aromatic N) is 3. The van der Waals surface area contributed by atoms with Gasteiger partial charge >= 0.3 is 0 Å². The minimum atomic E-state index is 0.0208. The predicted molar refractivity (Wildman–Crippen MR) is 97.9 cm³/mol. The molecule has 3 aromatic rings. The summed E-state index contributed by atoms with van der Waals surface area (Å²) < 4.78 is 2.78. The summed E-state index contributed by atoms with van der Waals surface area (Å²) in [6, 6.07) is 7.97. The Morgan fingerprint density at radius 2 is 2.33 bits per heavy atom. The number of hydrogen-bond donors (Lipinski definition) is 1. The number of aryl methyl sites for hydroxylation is 1. The van der Waals surface area contributed by atoms with Crippen LogP contribution in [0.25, 0.3) is 11.3 Å². The molecule has 2 aromatic heterocycles. The number of aromatic nitrogens is 3. The largest absolute Gasteiger partial charge is 0.302 e. The Labute approximate surface area is 151 Å². The van der Waals surface area contributed by atoms with Gasteiger partial charge in [0.15, 0.2) is 5.13 Å². The van der Waals surface area contributed by atoms with Crippen LogP contribution in [0.5, 0.6) is 0 Å². The van der Waals surface area contributed by atoms with Gasteiger partial charge in [0.2, 0.25) is 5.91 Å². The van der Waals surface area contributed by atoms with Gasteiger partial charge in [-0.3, -0.25) is 9.48 Å². The highest BCUT2D eigenvalue weighted by molar-refractivity contribution is 9.10. The molecule has 2 heterocycles. The highest BCUT2D eigenvalue weighted by Crippen LogP contribution is 2.48. The highest BCUT2D eigenvalue weighted by Gasteiger charge is 2.44. The maximum Gasteiger partial charge on any atom is 0.229 e. The molecule has 1 fully saturated rings. The molecule has 1 aliphatic carbocycles. The van der Waals surface area contributed by atoms with Gasteiger partial charge in [-0.1, -0.05) is 28.1 Å². The number of rotatable bonds is 4. The first-order valence-corrected chi connectivity index (χ1v) is 9.28. The summed E-state index contributed by atoms with van der Waals surface area (Å²) in [5.74, 6) is 0.342. The summed E-state index contributed by atoms with van der Waals surface area (Å²) in [4.78, 5) is 16.9. The Kier molecular flexibility index (Phi) is 3.97. The average Bonchev–Trinajstić information content (AvgIpc) is 3.03. The summed E-state index contributed by atoms with van der Waals surface area (Å²) >= 11 is 4.91. The first-order valence-electron chi connectivity index (χ1n) is 7.61. The Hall–Kier alpha value is -1.99. The standard InChI is InChI=1S/C17H15BrN4OS/c1-22-8-11(7-19-22)13-6-14(13)16(23)21-17-20-15(9-24-17)10-3-2-4-12(18)5-10/h2-5,7-9,13-14H,6H2,1H3,(H,20,21,23). The lowest BCUT2D eigenvalue weighted by atomic mass is 10.2. The van der Waals surface area contributed by atoms with E-state index in [9.17, 15) is 4.79 Å². The maximum absolute atomic E-state index is 12.4. The molecule has 24 heavy (non-hydrogen) atoms. The minimum absolute atomic E-state index is 0.0208. The van der Waals surface area contributed by atoms with Gasteiger partial charge in [-0.05, 0) is 30.0 Å². The Morgan fingerprint density at radius 3 is 3.08 bits per heavy atom. The zero-order valence-corrected chi connectivity index (χ0v) is 15.3. The van der Waals surface area contributed by atoms with Crippen molar-refractivity contribution in [1.29, 1.82) is 0 Å². The molecule has 0 saturated heterocycles. The Balaban J connectivity index is 1.42. The van der Waals surface area contributed by atoms with Gasteiger partial charge in [0.1, 0.15) is 0 Å². The summed E-state index contributed by atoms with van der Waals surface area (Å²) in [6.07, 6.45) is 4.70. The van der Waals surface area contributed by atoms with Crippen LogP contribution in [0, 0.1) is 5.92 Å². The van der Waals surface area contributed by atoms with E-state index in [1.54, 1.807) is 4.68 Å². The van der Waals surface area contributed by atoms with Gasteiger partial charge in [-0.2, -0.15) is 5.10 Å². The number of carbonyl (C=O) groups is 1. The first kappa shape index (κ1) is 15.5. The molecule has 0 spiro atoms. The molecule has 2 atom stereocenters. The van der Waals surface area contributed by atoms with Gasteiger partial charge in [0.25, 0.3) is 0 Å². The molecule has 122 valence electrons. The van der Waals surface area contributed by atoms with Crippen LogP contribution < -0.4 is 5.32 Å². The number of thiazole rings is 1. The van der Waals surface area contributed by atoms with Gasteiger partial charge in [0.05, 0.1) is 11.9 Å². The van der Waals surface area contributed by atoms with E-state index in [1.807, 2.05) is 49.1 Å². The smallest absolute Gasteiger partial charge is 0.229 e. The molecule has 7 heteroatoms. The molecule has 2 unspecified atom stereocenters. The normalized spacial score (nSPS) is 19.2. The number of anilines is 1. The highest BCUT2D eigenvalue weighted by atomic mass is 79.9. The number of carbonyl (C=O) groups excluding carboxylic acids is 1. The SMILES string of the molecule is Cn1cc(C2CC2C(=O)Nc2nc(-c3cccc(Br)c3)cs2)cn1. The third-order valence-corrected chi connectivity index (χ3v) is 5.39. The fourth-order valence-corrected chi connectivity index (χ4v) is 3.92. The lowest BCUT2D eigenvalue weighted by molar-refractivity contribution is -0.117. The van der Waals surface area contributed by atoms with Crippen LogP contribution in [0.2, 0.25) is 0 Å². The van der Waals surface area contributed by atoms with Gasteiger partial charge < -0.3 is 5.32 Å². The summed E-state index contributed by atoms with van der Waals surface area (Å²) in [5.41, 5.74) is 3.03. The Morgan fingerprint density at radius 1 is 1.46 bits per heavy atom. The number of hydrogen-bond acceptors (Lipinski definition) is 4. The van der Waals surface area contributed by atoms with Crippen molar-refractivity contribution in [2.45, 2.75) is 12.3 Å². The monoisotopic (exact) mass is 402 g/mol. The number of amides is 1. The number of nitrogens with one attached hydrogen (secondary N) is 1. The minimum Gasteiger partial charge on any atom is -0.302 e. The Bertz CT molecular complexity index is 903. The number of benzene rings is 1. The van der Waals surface area contributed by atoms with E-state index in [-0.39, 0.29) is 17.7 Å². The molecular weight excluding hydrogens is 388 g/mol. The van der Waals surface area contributed by atoms with E-state index in [0.29, 0.717) is 5.13 Å². The van der Waals surface area contributed by atoms with Crippen LogP contribution in [-0.4, -0.2) is 20.7 Å². The van der Waals surface area contributed by atoms with Crippen molar-refractivity contribution in [2.24, 2.45) is 13.0 Å². The van der Waals surface area contributed by atoms with E-state index in [0.717, 1.165) is 27.7 Å². The van der Waals surface area contributed by atoms with Crippen LogP contribution in [0.4, 0.5) is 5.13 Å². The molecule has 0 aliphatic heterocycles. The third kappa shape index (κ3) is 3.14. The predicted octanol–water partition coefficient (Wildman–Crippen LogP) is 4.05. The van der Waals surface area contributed by atoms with Gasteiger partial charge in [0, 0.05) is 34.6 Å². The van der Waals surface area contributed by atoms with E-state index < -0.39 is 0 Å². The fraction of sp³-hybridized carbons (Fsp3) is 0.235. The second kappa shape index (κ2) is 6.14. The first-order chi connectivity index (χ1) is 11.6. The van der Waals surface area contributed by atoms with Crippen molar-refractivity contribution >= 4 is 38.3 Å². The molecule has 0 bridgehead atoms. The van der Waals surface area contributed by atoms with E-state index >= 15 is 0 Å². The molecule has 1 aliphatic rings. The molecule has 1 N–H and O–H groups in total. The van der Waals surface area contributed by atoms with Gasteiger partial charge in [-0.25, -0.2) is 4.98 Å². The average molecular weight is 403 g/mol. The topological polar surface area (TPSA) is 59.8 Å². The van der Waals surface area contributed by atoms with Crippen molar-refractivity contribution in [1.82, 2.24) is 14.8 Å². The summed E-state index contributed by atoms with van der Waals surface area (Å²) in [5, 5.41) is 9.72. The summed E-state index contributed by atoms with van der Waals surface area (Å²) in [7, 11) is 1.89. The van der Waals surface area contributed by atoms with Crippen LogP contribution in [-0.2, 0) is 11.8 Å². The second-order valence-corrected chi connectivity index (χ2v) is 7.71. The lowest BCUT2D eigenvalue weighted by Crippen LogP contribution is -2.14. The van der Waals surface area contributed by atoms with E-state index in [2.05, 4.69) is 31.3 Å². The zero-order valence-electron chi connectivity index (χ0n) is 12.9. The van der Waals surface area contributed by atoms with Crippen LogP contribution in [0.3, 0.4) is 0 Å². The lowest BCUT2D eigenvalue weighted by Gasteiger charge is -2.00. The van der Waals surface area contributed by atoms with E-state index in [1.165, 1.54) is 11.3 Å². The van der Waals surface area contributed by atoms with Crippen molar-refractivity contribution in [3.8, 4) is 11.3 Å². The fourth-order valence-electron chi connectivity index (χ4n) is 2.79. The van der Waals surface area contributed by atoms with Crippen molar-refractivity contribution < 1.29 is 4.79 Å². The van der Waals surface area contributed by atoms with Crippen LogP contribution in [0.15, 0.2) is 46.5 Å². The molecule has 1 amide bonds. The quantitative estimate of drug-likeness (QED) is 0.715. The zero-order chi connectivity index (χ0) is 16.7. The molecule has 0 radical (unpaired) electrons. The molecule has 1 saturated carbocycles. The number of halogens is 1. The van der Waals surface area contributed by atoms with Crippen LogP contribution >= 0.6 is 27.3 Å². The third-order valence-electron chi connectivity index (χ3n) is 4.13. The van der Waals surface area contributed by atoms with Gasteiger partial charge in [-0.15, -0.1) is 11.3 Å². The molecular formula is C17H15BrN4OS. The molecule has 4 rings (SSSR count).